The second-order valence-corrected chi connectivity index (χ2v) is 7.40. The number of likely N-dealkylation sites (tertiary alicyclic amines) is 1. The first-order valence-electron chi connectivity index (χ1n) is 9.44. The summed E-state index contributed by atoms with van der Waals surface area (Å²) in [6.45, 7) is 4.42. The lowest BCUT2D eigenvalue weighted by molar-refractivity contribution is -0.128. The third kappa shape index (κ3) is 3.89. The minimum absolute atomic E-state index is 0.0522. The average molecular weight is 391 g/mol. The molecule has 1 atom stereocenters. The molecule has 7 heteroatoms. The monoisotopic (exact) mass is 391 g/mol. The van der Waals surface area contributed by atoms with Gasteiger partial charge in [0, 0.05) is 36.3 Å². The van der Waals surface area contributed by atoms with Gasteiger partial charge in [-0.1, -0.05) is 6.07 Å². The van der Waals surface area contributed by atoms with E-state index in [0.29, 0.717) is 24.4 Å². The number of carbonyl (C=O) groups is 2. The fraction of sp³-hybridized carbons (Fsp3) is 0.273. The lowest BCUT2D eigenvalue weighted by Gasteiger charge is -2.16. The zero-order valence-corrected chi connectivity index (χ0v) is 16.3. The number of fused-ring (bicyclic) bond motifs is 1. The van der Waals surface area contributed by atoms with Gasteiger partial charge < -0.3 is 14.6 Å². The number of nitrogens with zero attached hydrogens (tertiary/aromatic N) is 2. The number of hydrogen-bond acceptors (Lipinski definition) is 5. The first-order chi connectivity index (χ1) is 13.9. The van der Waals surface area contributed by atoms with Crippen molar-refractivity contribution in [3.05, 3.63) is 69.8 Å². The molecule has 0 aliphatic carbocycles. The fourth-order valence-corrected chi connectivity index (χ4v) is 3.62. The molecule has 1 aliphatic heterocycles. The highest BCUT2D eigenvalue weighted by atomic mass is 16.4. The number of pyridine rings is 1. The SMILES string of the molecule is Cc1cc2oc(=O)cc(C)c2cc1NC(=O)C1CC(=O)N(Cc2ccccn2)C1. The summed E-state index contributed by atoms with van der Waals surface area (Å²) in [5.41, 5.74) is 3.10. The van der Waals surface area contributed by atoms with Crippen molar-refractivity contribution in [2.75, 3.05) is 11.9 Å². The van der Waals surface area contributed by atoms with Crippen molar-refractivity contribution < 1.29 is 14.0 Å². The van der Waals surface area contributed by atoms with Crippen LogP contribution in [0.4, 0.5) is 5.69 Å². The molecule has 3 aromatic rings. The van der Waals surface area contributed by atoms with Crippen LogP contribution in [0.5, 0.6) is 0 Å². The highest BCUT2D eigenvalue weighted by molar-refractivity contribution is 5.99. The summed E-state index contributed by atoms with van der Waals surface area (Å²) < 4.78 is 5.24. The summed E-state index contributed by atoms with van der Waals surface area (Å²) in [5.74, 6) is -0.667. The Labute approximate surface area is 167 Å². The van der Waals surface area contributed by atoms with Crippen LogP contribution in [-0.4, -0.2) is 28.2 Å². The van der Waals surface area contributed by atoms with Crippen LogP contribution < -0.4 is 10.9 Å². The minimum Gasteiger partial charge on any atom is -0.423 e. The molecule has 1 saturated heterocycles. The number of hydrogen-bond donors (Lipinski definition) is 1. The van der Waals surface area contributed by atoms with Gasteiger partial charge in [0.1, 0.15) is 5.58 Å². The number of aromatic nitrogens is 1. The maximum atomic E-state index is 12.8. The van der Waals surface area contributed by atoms with Gasteiger partial charge in [-0.2, -0.15) is 0 Å². The lowest BCUT2D eigenvalue weighted by atomic mass is 10.0. The van der Waals surface area contributed by atoms with Gasteiger partial charge in [0.05, 0.1) is 18.2 Å². The van der Waals surface area contributed by atoms with E-state index in [2.05, 4.69) is 10.3 Å². The Morgan fingerprint density at radius 1 is 1.21 bits per heavy atom. The first-order valence-corrected chi connectivity index (χ1v) is 9.44. The highest BCUT2D eigenvalue weighted by Gasteiger charge is 2.34. The third-order valence-electron chi connectivity index (χ3n) is 5.22. The molecular formula is C22H21N3O4. The Balaban J connectivity index is 1.50. The molecule has 0 spiro atoms. The quantitative estimate of drug-likeness (QED) is 0.691. The van der Waals surface area contributed by atoms with Crippen molar-refractivity contribution in [1.29, 1.82) is 0 Å². The highest BCUT2D eigenvalue weighted by Crippen LogP contribution is 2.27. The molecule has 4 rings (SSSR count). The number of amides is 2. The molecule has 3 heterocycles. The number of carbonyl (C=O) groups excluding carboxylic acids is 2. The standard InChI is InChI=1S/C22H21N3O4/c1-13-8-21(27)29-19-7-14(2)18(10-17(13)19)24-22(28)15-9-20(26)25(11-15)12-16-5-3-4-6-23-16/h3-8,10,15H,9,11-12H2,1-2H3,(H,24,28). The van der Waals surface area contributed by atoms with E-state index >= 15 is 0 Å². The Morgan fingerprint density at radius 3 is 2.79 bits per heavy atom. The second kappa shape index (κ2) is 7.50. The number of anilines is 1. The van der Waals surface area contributed by atoms with Gasteiger partial charge in [-0.3, -0.25) is 14.6 Å². The van der Waals surface area contributed by atoms with Crippen LogP contribution in [-0.2, 0) is 16.1 Å². The van der Waals surface area contributed by atoms with Crippen molar-refractivity contribution in [2.45, 2.75) is 26.8 Å². The predicted molar refractivity (Wildman–Crippen MR) is 108 cm³/mol. The molecule has 7 nitrogen and oxygen atoms in total. The smallest absolute Gasteiger partial charge is 0.336 e. The van der Waals surface area contributed by atoms with E-state index in [1.54, 1.807) is 17.2 Å². The zero-order valence-electron chi connectivity index (χ0n) is 16.3. The summed E-state index contributed by atoms with van der Waals surface area (Å²) in [5, 5.41) is 3.71. The molecule has 1 fully saturated rings. The average Bonchev–Trinajstić information content (AvgIpc) is 3.04. The number of rotatable bonds is 4. The maximum Gasteiger partial charge on any atom is 0.336 e. The summed E-state index contributed by atoms with van der Waals surface area (Å²) in [4.78, 5) is 42.6. The maximum absolute atomic E-state index is 12.8. The Hall–Kier alpha value is -3.48. The zero-order chi connectivity index (χ0) is 20.5. The van der Waals surface area contributed by atoms with Crippen molar-refractivity contribution in [3.63, 3.8) is 0 Å². The number of aryl methyl sites for hydroxylation is 2. The van der Waals surface area contributed by atoms with E-state index in [-0.39, 0.29) is 18.2 Å². The van der Waals surface area contributed by atoms with E-state index in [9.17, 15) is 14.4 Å². The van der Waals surface area contributed by atoms with Crippen molar-refractivity contribution in [3.8, 4) is 0 Å². The molecule has 1 N–H and O–H groups in total. The van der Waals surface area contributed by atoms with Crippen molar-refractivity contribution >= 4 is 28.5 Å². The number of nitrogens with one attached hydrogen (secondary N) is 1. The molecule has 148 valence electrons. The van der Waals surface area contributed by atoms with Gasteiger partial charge in [-0.25, -0.2) is 4.79 Å². The van der Waals surface area contributed by atoms with E-state index in [1.165, 1.54) is 6.07 Å². The minimum atomic E-state index is -0.420. The van der Waals surface area contributed by atoms with Crippen LogP contribution in [0.1, 0.15) is 23.2 Å². The molecule has 1 aromatic carbocycles. The van der Waals surface area contributed by atoms with Crippen molar-refractivity contribution in [2.24, 2.45) is 5.92 Å². The Bertz CT molecular complexity index is 1150. The molecule has 2 aromatic heterocycles. The molecule has 0 saturated carbocycles. The summed E-state index contributed by atoms with van der Waals surface area (Å²) in [6.07, 6.45) is 1.87. The molecule has 1 unspecified atom stereocenters. The van der Waals surface area contributed by atoms with Gasteiger partial charge in [-0.15, -0.1) is 0 Å². The predicted octanol–water partition coefficient (Wildman–Crippen LogP) is 2.79. The Morgan fingerprint density at radius 2 is 2.03 bits per heavy atom. The fourth-order valence-electron chi connectivity index (χ4n) is 3.62. The lowest BCUT2D eigenvalue weighted by Crippen LogP contribution is -2.28. The first kappa shape index (κ1) is 18.9. The van der Waals surface area contributed by atoms with E-state index in [1.807, 2.05) is 38.1 Å². The molecule has 0 bridgehead atoms. The molecule has 2 amide bonds. The van der Waals surface area contributed by atoms with Crippen LogP contribution in [0.2, 0.25) is 0 Å². The summed E-state index contributed by atoms with van der Waals surface area (Å²) >= 11 is 0. The topological polar surface area (TPSA) is 92.5 Å². The number of benzene rings is 1. The summed E-state index contributed by atoms with van der Waals surface area (Å²) in [6, 6.07) is 10.5. The molecule has 0 radical (unpaired) electrons. The van der Waals surface area contributed by atoms with E-state index < -0.39 is 11.5 Å². The van der Waals surface area contributed by atoms with Gasteiger partial charge in [0.15, 0.2) is 0 Å². The van der Waals surface area contributed by atoms with Crippen molar-refractivity contribution in [1.82, 2.24) is 9.88 Å². The van der Waals surface area contributed by atoms with Crippen LogP contribution in [0.15, 0.2) is 51.8 Å². The van der Waals surface area contributed by atoms with Crippen LogP contribution >= 0.6 is 0 Å². The third-order valence-corrected chi connectivity index (χ3v) is 5.22. The van der Waals surface area contributed by atoms with Gasteiger partial charge in [0.2, 0.25) is 11.8 Å². The largest absolute Gasteiger partial charge is 0.423 e. The summed E-state index contributed by atoms with van der Waals surface area (Å²) in [7, 11) is 0. The van der Waals surface area contributed by atoms with Gasteiger partial charge in [0.25, 0.3) is 0 Å². The Kier molecular flexibility index (Phi) is 4.88. The van der Waals surface area contributed by atoms with Gasteiger partial charge in [-0.05, 0) is 49.2 Å². The molecule has 29 heavy (non-hydrogen) atoms. The molecule has 1 aliphatic rings. The van der Waals surface area contributed by atoms with Crippen LogP contribution in [0, 0.1) is 19.8 Å². The second-order valence-electron chi connectivity index (χ2n) is 7.40. The normalized spacial score (nSPS) is 16.4. The van der Waals surface area contributed by atoms with Crippen LogP contribution in [0.3, 0.4) is 0 Å². The van der Waals surface area contributed by atoms with Crippen LogP contribution in [0.25, 0.3) is 11.0 Å². The van der Waals surface area contributed by atoms with Gasteiger partial charge >= 0.3 is 5.63 Å². The van der Waals surface area contributed by atoms with E-state index in [4.69, 9.17) is 4.42 Å². The van der Waals surface area contributed by atoms with E-state index in [0.717, 1.165) is 22.2 Å². The molecular weight excluding hydrogens is 370 g/mol.